The van der Waals surface area contributed by atoms with E-state index in [2.05, 4.69) is 30.0 Å². The first kappa shape index (κ1) is 20.7. The van der Waals surface area contributed by atoms with E-state index in [4.69, 9.17) is 15.7 Å². The van der Waals surface area contributed by atoms with E-state index in [1.807, 2.05) is 18.2 Å². The summed E-state index contributed by atoms with van der Waals surface area (Å²) in [5.74, 6) is 0.516. The Labute approximate surface area is 204 Å². The van der Waals surface area contributed by atoms with Crippen LogP contribution in [0.5, 0.6) is 0 Å². The summed E-state index contributed by atoms with van der Waals surface area (Å²) in [5.41, 5.74) is 13.0. The fourth-order valence-electron chi connectivity index (χ4n) is 4.60. The molecule has 36 heavy (non-hydrogen) atoms. The monoisotopic (exact) mass is 477 g/mol. The van der Waals surface area contributed by atoms with Crippen LogP contribution in [0.3, 0.4) is 0 Å². The predicted octanol–water partition coefficient (Wildman–Crippen LogP) is 3.91. The fraction of sp³-hybridized carbons (Fsp3) is 0.115. The number of nitrogens with one attached hydrogen (secondary N) is 2. The fourth-order valence-corrected chi connectivity index (χ4v) is 4.60. The largest absolute Gasteiger partial charge is 0.352 e. The highest BCUT2D eigenvalue weighted by molar-refractivity contribution is 5.99. The standard InChI is InChI=1S/C26H20FN9/c27-15-3-1-14(2-4-15)18-8-29-9-22-17(18)7-21(31-22)26-25-20(34-35-26)6-5-19(33-25)23-10-30-11-24(32-23)36-12-16(28)13-36/h1-11,16,31H,12-13,28H2,(H,34,35). The van der Waals surface area contributed by atoms with Gasteiger partial charge in [0.15, 0.2) is 0 Å². The van der Waals surface area contributed by atoms with Gasteiger partial charge in [0.1, 0.15) is 28.5 Å². The minimum Gasteiger partial charge on any atom is -0.352 e. The highest BCUT2D eigenvalue weighted by Crippen LogP contribution is 2.33. The normalized spacial score (nSPS) is 14.0. The number of pyridine rings is 2. The molecule has 1 aliphatic heterocycles. The SMILES string of the molecule is NC1CN(c2cncc(-c3ccc4[nH]nc(-c5cc6c(-c7ccc(F)cc7)cncc6[nH]5)c4n3)n2)C1. The Morgan fingerprint density at radius 3 is 2.56 bits per heavy atom. The van der Waals surface area contributed by atoms with E-state index in [1.54, 1.807) is 36.9 Å². The van der Waals surface area contributed by atoms with Gasteiger partial charge >= 0.3 is 0 Å². The van der Waals surface area contributed by atoms with Crippen molar-refractivity contribution in [2.45, 2.75) is 6.04 Å². The van der Waals surface area contributed by atoms with E-state index in [-0.39, 0.29) is 11.9 Å². The van der Waals surface area contributed by atoms with E-state index in [0.717, 1.165) is 52.1 Å². The molecule has 10 heteroatoms. The number of anilines is 1. The van der Waals surface area contributed by atoms with Gasteiger partial charge in [0.05, 0.1) is 41.0 Å². The minimum absolute atomic E-state index is 0.175. The van der Waals surface area contributed by atoms with Crippen LogP contribution in [0.2, 0.25) is 0 Å². The maximum Gasteiger partial charge on any atom is 0.147 e. The number of rotatable bonds is 4. The third kappa shape index (κ3) is 3.38. The number of H-pyrrole nitrogens is 2. The van der Waals surface area contributed by atoms with E-state index < -0.39 is 0 Å². The zero-order valence-corrected chi connectivity index (χ0v) is 19.0. The molecular formula is C26H20FN9. The summed E-state index contributed by atoms with van der Waals surface area (Å²) in [6.45, 7) is 1.54. The molecule has 0 spiro atoms. The molecule has 176 valence electrons. The van der Waals surface area contributed by atoms with Gasteiger partial charge in [-0.3, -0.25) is 15.1 Å². The molecule has 7 rings (SSSR count). The van der Waals surface area contributed by atoms with Crippen LogP contribution in [0.4, 0.5) is 10.2 Å². The number of hydrogen-bond acceptors (Lipinski definition) is 7. The van der Waals surface area contributed by atoms with Crippen LogP contribution in [-0.2, 0) is 0 Å². The second-order valence-corrected chi connectivity index (χ2v) is 8.93. The van der Waals surface area contributed by atoms with Gasteiger partial charge in [-0.2, -0.15) is 5.10 Å². The van der Waals surface area contributed by atoms with Crippen LogP contribution in [-0.4, -0.2) is 54.2 Å². The summed E-state index contributed by atoms with van der Waals surface area (Å²) in [5, 5.41) is 8.57. The molecule has 0 unspecified atom stereocenters. The highest BCUT2D eigenvalue weighted by atomic mass is 19.1. The van der Waals surface area contributed by atoms with Crippen molar-refractivity contribution in [1.29, 1.82) is 0 Å². The first-order valence-electron chi connectivity index (χ1n) is 11.5. The Morgan fingerprint density at radius 2 is 1.72 bits per heavy atom. The molecule has 1 aliphatic rings. The van der Waals surface area contributed by atoms with Crippen molar-refractivity contribution in [3.05, 3.63) is 73.1 Å². The van der Waals surface area contributed by atoms with Crippen LogP contribution in [0.15, 0.2) is 67.3 Å². The summed E-state index contributed by atoms with van der Waals surface area (Å²) in [4.78, 5) is 23.9. The topological polar surface area (TPSA) is 125 Å². The number of hydrogen-bond donors (Lipinski definition) is 3. The number of nitrogens with zero attached hydrogens (tertiary/aromatic N) is 6. The molecule has 0 atom stereocenters. The lowest BCUT2D eigenvalue weighted by Gasteiger charge is -2.37. The molecule has 0 saturated carbocycles. The molecule has 0 amide bonds. The number of fused-ring (bicyclic) bond motifs is 2. The van der Waals surface area contributed by atoms with E-state index in [0.29, 0.717) is 22.6 Å². The van der Waals surface area contributed by atoms with Crippen molar-refractivity contribution in [2.24, 2.45) is 5.73 Å². The van der Waals surface area contributed by atoms with E-state index in [9.17, 15) is 4.39 Å². The molecule has 0 aliphatic carbocycles. The molecule has 0 bridgehead atoms. The lowest BCUT2D eigenvalue weighted by atomic mass is 10.0. The number of nitrogens with two attached hydrogens (primary N) is 1. The third-order valence-electron chi connectivity index (χ3n) is 6.48. The van der Waals surface area contributed by atoms with Crippen molar-refractivity contribution in [1.82, 2.24) is 35.1 Å². The molecule has 1 aromatic carbocycles. The lowest BCUT2D eigenvalue weighted by Crippen LogP contribution is -2.56. The van der Waals surface area contributed by atoms with E-state index >= 15 is 0 Å². The summed E-state index contributed by atoms with van der Waals surface area (Å²) in [6, 6.07) is 12.4. The van der Waals surface area contributed by atoms with Crippen molar-refractivity contribution in [3.8, 4) is 33.9 Å². The number of aromatic amines is 2. The molecular weight excluding hydrogens is 457 g/mol. The summed E-state index contributed by atoms with van der Waals surface area (Å²) in [6.07, 6.45) is 7.00. The average Bonchev–Trinajstić information content (AvgIpc) is 3.51. The van der Waals surface area contributed by atoms with Crippen molar-refractivity contribution in [3.63, 3.8) is 0 Å². The third-order valence-corrected chi connectivity index (χ3v) is 6.48. The smallest absolute Gasteiger partial charge is 0.147 e. The number of halogens is 1. The van der Waals surface area contributed by atoms with Crippen LogP contribution in [0, 0.1) is 5.82 Å². The number of benzene rings is 1. The highest BCUT2D eigenvalue weighted by Gasteiger charge is 2.25. The molecule has 6 heterocycles. The van der Waals surface area contributed by atoms with Crippen molar-refractivity contribution >= 4 is 27.8 Å². The molecule has 1 saturated heterocycles. The van der Waals surface area contributed by atoms with Gasteiger partial charge in [0.25, 0.3) is 0 Å². The predicted molar refractivity (Wildman–Crippen MR) is 136 cm³/mol. The maximum atomic E-state index is 13.5. The molecule has 6 aromatic rings. The van der Waals surface area contributed by atoms with Gasteiger partial charge in [-0.15, -0.1) is 0 Å². The second-order valence-electron chi connectivity index (χ2n) is 8.93. The minimum atomic E-state index is -0.276. The van der Waals surface area contributed by atoms with Gasteiger partial charge in [-0.05, 0) is 35.9 Å². The Morgan fingerprint density at radius 1 is 0.889 bits per heavy atom. The second kappa shape index (κ2) is 7.92. The molecule has 0 radical (unpaired) electrons. The zero-order chi connectivity index (χ0) is 24.2. The summed E-state index contributed by atoms with van der Waals surface area (Å²) < 4.78 is 13.5. The summed E-state index contributed by atoms with van der Waals surface area (Å²) >= 11 is 0. The molecule has 5 aromatic heterocycles. The van der Waals surface area contributed by atoms with Gasteiger partial charge < -0.3 is 15.6 Å². The Balaban J connectivity index is 1.30. The van der Waals surface area contributed by atoms with Gasteiger partial charge in [-0.1, -0.05) is 12.1 Å². The zero-order valence-electron chi connectivity index (χ0n) is 19.0. The maximum absolute atomic E-state index is 13.5. The first-order valence-corrected chi connectivity index (χ1v) is 11.5. The van der Waals surface area contributed by atoms with Gasteiger partial charge in [0.2, 0.25) is 0 Å². The van der Waals surface area contributed by atoms with E-state index in [1.165, 1.54) is 12.1 Å². The molecule has 9 nitrogen and oxygen atoms in total. The Kier molecular flexibility index (Phi) is 4.55. The van der Waals surface area contributed by atoms with Crippen LogP contribution in [0.25, 0.3) is 55.8 Å². The molecule has 4 N–H and O–H groups in total. The number of aromatic nitrogens is 7. The lowest BCUT2D eigenvalue weighted by molar-refractivity contribution is 0.514. The summed E-state index contributed by atoms with van der Waals surface area (Å²) in [7, 11) is 0. The average molecular weight is 478 g/mol. The Hall–Kier alpha value is -4.70. The van der Waals surface area contributed by atoms with Crippen LogP contribution in [0.1, 0.15) is 0 Å². The van der Waals surface area contributed by atoms with Crippen molar-refractivity contribution in [2.75, 3.05) is 18.0 Å². The quantitative estimate of drug-likeness (QED) is 0.351. The first-order chi connectivity index (χ1) is 17.6. The van der Waals surface area contributed by atoms with Crippen LogP contribution >= 0.6 is 0 Å². The van der Waals surface area contributed by atoms with Gasteiger partial charge in [0, 0.05) is 36.3 Å². The van der Waals surface area contributed by atoms with Crippen molar-refractivity contribution < 1.29 is 4.39 Å². The molecule has 1 fully saturated rings. The van der Waals surface area contributed by atoms with Gasteiger partial charge in [-0.25, -0.2) is 14.4 Å². The van der Waals surface area contributed by atoms with Crippen LogP contribution < -0.4 is 10.6 Å². The Bertz CT molecular complexity index is 1730.